The van der Waals surface area contributed by atoms with Crippen LogP contribution in [0.25, 0.3) is 0 Å². The summed E-state index contributed by atoms with van der Waals surface area (Å²) in [5.74, 6) is 0.870. The quantitative estimate of drug-likeness (QED) is 0.223. The Balaban J connectivity index is 0.00000363. The topological polar surface area (TPSA) is 77.2 Å². The fraction of sp³-hybridized carbons (Fsp3) is 0.667. The highest BCUT2D eigenvalue weighted by atomic mass is 127. The molecule has 0 aromatic heterocycles. The third-order valence-corrected chi connectivity index (χ3v) is 6.68. The molecule has 3 rings (SSSR count). The van der Waals surface area contributed by atoms with Gasteiger partial charge in [-0.3, -0.25) is 14.7 Å². The molecule has 2 heterocycles. The van der Waals surface area contributed by atoms with Crippen LogP contribution in [0.3, 0.4) is 0 Å². The summed E-state index contributed by atoms with van der Waals surface area (Å²) in [5, 5.41) is 3.54. The molecule has 7 nitrogen and oxygen atoms in total. The Kier molecular flexibility index (Phi) is 11.7. The summed E-state index contributed by atoms with van der Waals surface area (Å²) in [4.78, 5) is 23.3. The zero-order valence-electron chi connectivity index (χ0n) is 19.7. The van der Waals surface area contributed by atoms with Crippen LogP contribution in [0.15, 0.2) is 35.3 Å². The highest BCUT2D eigenvalue weighted by Crippen LogP contribution is 2.25. The predicted molar refractivity (Wildman–Crippen MR) is 142 cm³/mol. The smallest absolute Gasteiger partial charge is 0.221 e. The average Bonchev–Trinajstić information content (AvgIpc) is 2.81. The first-order valence-electron chi connectivity index (χ1n) is 11.9. The van der Waals surface area contributed by atoms with Crippen LogP contribution in [0.1, 0.15) is 44.2 Å². The standard InChI is InChI=1S/C24H40N6O.HI/c1-3-22(20-9-5-4-6-10-20)29-15-17-30(18-16-29)24(26-2)27-12-8-14-28-13-7-11-21(19-28)23(25)31;/h4-6,9-10,21-22H,3,7-8,11-19H2,1-2H3,(H2,25,31)(H,26,27);1H. The minimum Gasteiger partial charge on any atom is -0.369 e. The van der Waals surface area contributed by atoms with E-state index in [0.29, 0.717) is 6.04 Å². The number of nitrogens with two attached hydrogens (primary N) is 1. The summed E-state index contributed by atoms with van der Waals surface area (Å²) in [6.45, 7) is 10.1. The molecule has 2 fully saturated rings. The normalized spacial score (nSPS) is 21.6. The Morgan fingerprint density at radius 2 is 1.91 bits per heavy atom. The molecule has 1 aromatic rings. The Labute approximate surface area is 210 Å². The van der Waals surface area contributed by atoms with Gasteiger partial charge >= 0.3 is 0 Å². The lowest BCUT2D eigenvalue weighted by atomic mass is 9.97. The fourth-order valence-electron chi connectivity index (χ4n) is 4.95. The second-order valence-electron chi connectivity index (χ2n) is 8.73. The largest absolute Gasteiger partial charge is 0.369 e. The second kappa shape index (κ2) is 14.0. The number of amides is 1. The van der Waals surface area contributed by atoms with E-state index in [4.69, 9.17) is 5.73 Å². The van der Waals surface area contributed by atoms with Crippen LogP contribution in [-0.2, 0) is 4.79 Å². The lowest BCUT2D eigenvalue weighted by Gasteiger charge is -2.40. The minimum absolute atomic E-state index is 0. The number of hydrogen-bond acceptors (Lipinski definition) is 4. The number of nitrogens with one attached hydrogen (secondary N) is 1. The zero-order chi connectivity index (χ0) is 22.1. The molecule has 0 radical (unpaired) electrons. The average molecular weight is 557 g/mol. The molecule has 1 aromatic carbocycles. The van der Waals surface area contributed by atoms with Gasteiger partial charge in [-0.2, -0.15) is 0 Å². The molecule has 2 unspecified atom stereocenters. The van der Waals surface area contributed by atoms with E-state index in [0.717, 1.165) is 84.0 Å². The van der Waals surface area contributed by atoms with Gasteiger partial charge in [-0.25, -0.2) is 0 Å². The third-order valence-electron chi connectivity index (χ3n) is 6.68. The Morgan fingerprint density at radius 1 is 1.19 bits per heavy atom. The maximum Gasteiger partial charge on any atom is 0.221 e. The summed E-state index contributed by atoms with van der Waals surface area (Å²) in [5.41, 5.74) is 6.91. The number of benzene rings is 1. The molecule has 2 atom stereocenters. The van der Waals surface area contributed by atoms with Crippen molar-refractivity contribution >= 4 is 35.8 Å². The predicted octanol–water partition coefficient (Wildman–Crippen LogP) is 2.54. The number of halogens is 1. The van der Waals surface area contributed by atoms with Crippen LogP contribution in [0.2, 0.25) is 0 Å². The summed E-state index contributed by atoms with van der Waals surface area (Å²) in [6, 6.07) is 11.3. The number of guanidine groups is 1. The van der Waals surface area contributed by atoms with Gasteiger partial charge in [0, 0.05) is 52.4 Å². The van der Waals surface area contributed by atoms with Gasteiger partial charge < -0.3 is 20.9 Å². The number of rotatable bonds is 8. The van der Waals surface area contributed by atoms with Crippen LogP contribution in [-0.4, -0.2) is 86.0 Å². The van der Waals surface area contributed by atoms with Crippen LogP contribution in [0.4, 0.5) is 0 Å². The maximum absolute atomic E-state index is 11.5. The van der Waals surface area contributed by atoms with Crippen molar-refractivity contribution in [2.24, 2.45) is 16.6 Å². The van der Waals surface area contributed by atoms with Crippen molar-refractivity contribution in [3.8, 4) is 0 Å². The highest BCUT2D eigenvalue weighted by Gasteiger charge is 2.26. The number of nitrogens with zero attached hydrogens (tertiary/aromatic N) is 4. The van der Waals surface area contributed by atoms with Crippen molar-refractivity contribution in [2.75, 3.05) is 59.4 Å². The molecule has 8 heteroatoms. The lowest BCUT2D eigenvalue weighted by Crippen LogP contribution is -2.53. The Hall–Kier alpha value is -1.39. The molecule has 180 valence electrons. The summed E-state index contributed by atoms with van der Waals surface area (Å²) in [6.07, 6.45) is 4.17. The lowest BCUT2D eigenvalue weighted by molar-refractivity contribution is -0.123. The van der Waals surface area contributed by atoms with Gasteiger partial charge in [0.05, 0.1) is 5.92 Å². The number of likely N-dealkylation sites (tertiary alicyclic amines) is 1. The molecule has 3 N–H and O–H groups in total. The minimum atomic E-state index is -0.153. The monoisotopic (exact) mass is 556 g/mol. The van der Waals surface area contributed by atoms with E-state index in [1.165, 1.54) is 5.56 Å². The Bertz CT molecular complexity index is 708. The van der Waals surface area contributed by atoms with Crippen molar-refractivity contribution in [2.45, 2.75) is 38.6 Å². The molecule has 0 aliphatic carbocycles. The van der Waals surface area contributed by atoms with Crippen LogP contribution in [0, 0.1) is 5.92 Å². The number of hydrogen-bond donors (Lipinski definition) is 2. The van der Waals surface area contributed by atoms with Crippen molar-refractivity contribution in [1.82, 2.24) is 20.0 Å². The molecule has 0 bridgehead atoms. The van der Waals surface area contributed by atoms with E-state index >= 15 is 0 Å². The van der Waals surface area contributed by atoms with Crippen LogP contribution >= 0.6 is 24.0 Å². The number of piperazine rings is 1. The van der Waals surface area contributed by atoms with Gasteiger partial charge in [0.1, 0.15) is 0 Å². The molecule has 32 heavy (non-hydrogen) atoms. The first-order valence-corrected chi connectivity index (χ1v) is 11.9. The molecule has 0 saturated carbocycles. The molecule has 1 amide bonds. The number of piperidine rings is 1. The highest BCUT2D eigenvalue weighted by molar-refractivity contribution is 14.0. The fourth-order valence-corrected chi connectivity index (χ4v) is 4.95. The van der Waals surface area contributed by atoms with E-state index in [-0.39, 0.29) is 35.8 Å². The summed E-state index contributed by atoms with van der Waals surface area (Å²) in [7, 11) is 1.87. The van der Waals surface area contributed by atoms with Crippen molar-refractivity contribution in [3.05, 3.63) is 35.9 Å². The molecular formula is C24H41IN6O. The molecule has 2 aliphatic heterocycles. The van der Waals surface area contributed by atoms with Crippen LogP contribution in [0.5, 0.6) is 0 Å². The van der Waals surface area contributed by atoms with E-state index in [1.54, 1.807) is 0 Å². The van der Waals surface area contributed by atoms with Gasteiger partial charge in [0.15, 0.2) is 5.96 Å². The number of primary amides is 1. The van der Waals surface area contributed by atoms with Crippen LogP contribution < -0.4 is 11.1 Å². The Morgan fingerprint density at radius 3 is 2.53 bits per heavy atom. The van der Waals surface area contributed by atoms with Crippen molar-refractivity contribution < 1.29 is 4.79 Å². The molecular weight excluding hydrogens is 515 g/mol. The number of carbonyl (C=O) groups is 1. The SMILES string of the molecule is CCC(c1ccccc1)N1CCN(C(=NC)NCCCN2CCCC(C(N)=O)C2)CC1.I. The van der Waals surface area contributed by atoms with Gasteiger partial charge in [0.25, 0.3) is 0 Å². The van der Waals surface area contributed by atoms with E-state index < -0.39 is 0 Å². The first-order chi connectivity index (χ1) is 15.1. The summed E-state index contributed by atoms with van der Waals surface area (Å²) < 4.78 is 0. The number of aliphatic imine (C=N–C) groups is 1. The zero-order valence-corrected chi connectivity index (χ0v) is 22.0. The first kappa shape index (κ1) is 26.9. The van der Waals surface area contributed by atoms with Gasteiger partial charge in [-0.05, 0) is 44.3 Å². The van der Waals surface area contributed by atoms with Crippen molar-refractivity contribution in [1.29, 1.82) is 0 Å². The number of carbonyl (C=O) groups excluding carboxylic acids is 1. The second-order valence-corrected chi connectivity index (χ2v) is 8.73. The van der Waals surface area contributed by atoms with E-state index in [2.05, 4.69) is 62.3 Å². The maximum atomic E-state index is 11.5. The van der Waals surface area contributed by atoms with E-state index in [1.807, 2.05) is 7.05 Å². The third kappa shape index (κ3) is 7.59. The molecule has 2 saturated heterocycles. The molecule has 2 aliphatic rings. The van der Waals surface area contributed by atoms with Crippen molar-refractivity contribution in [3.63, 3.8) is 0 Å². The van der Waals surface area contributed by atoms with Gasteiger partial charge in [-0.1, -0.05) is 37.3 Å². The van der Waals surface area contributed by atoms with E-state index in [9.17, 15) is 4.79 Å². The summed E-state index contributed by atoms with van der Waals surface area (Å²) >= 11 is 0. The van der Waals surface area contributed by atoms with Gasteiger partial charge in [-0.15, -0.1) is 24.0 Å². The van der Waals surface area contributed by atoms with Gasteiger partial charge in [0.2, 0.25) is 5.91 Å². The molecule has 0 spiro atoms.